The van der Waals surface area contributed by atoms with E-state index in [1.807, 2.05) is 20.8 Å². The van der Waals surface area contributed by atoms with Crippen LogP contribution in [0.3, 0.4) is 0 Å². The van der Waals surface area contributed by atoms with Crippen LogP contribution < -0.4 is 0 Å². The second-order valence-electron chi connectivity index (χ2n) is 11.2. The van der Waals surface area contributed by atoms with Crippen LogP contribution in [0.1, 0.15) is 41.5 Å². The van der Waals surface area contributed by atoms with Crippen molar-refractivity contribution in [2.75, 3.05) is 99.5 Å². The zero-order chi connectivity index (χ0) is 28.2. The molecule has 0 unspecified atom stereocenters. The van der Waals surface area contributed by atoms with E-state index in [0.717, 1.165) is 0 Å². The van der Waals surface area contributed by atoms with E-state index in [4.69, 9.17) is 37.6 Å². The number of amides is 1. The van der Waals surface area contributed by atoms with Gasteiger partial charge in [-0.1, -0.05) is 20.8 Å². The number of ether oxygens (including phenoxy) is 7. The van der Waals surface area contributed by atoms with Gasteiger partial charge in [0, 0.05) is 13.6 Å². The number of hydrogen-bond donors (Lipinski definition) is 0. The number of rotatable bonds is 22. The zero-order valence-electron chi connectivity index (χ0n) is 25.0. The predicted octanol–water partition coefficient (Wildman–Crippen LogP) is 3.97. The molecule has 0 aromatic rings. The van der Waals surface area contributed by atoms with Crippen LogP contribution in [-0.2, 0) is 37.6 Å². The fourth-order valence-corrected chi connectivity index (χ4v) is 3.43. The lowest BCUT2D eigenvalue weighted by Crippen LogP contribution is -2.41. The Morgan fingerprint density at radius 3 is 1.24 bits per heavy atom. The highest BCUT2D eigenvalue weighted by Gasteiger charge is 2.36. The Kier molecular flexibility index (Phi) is 19.7. The van der Waals surface area contributed by atoms with Gasteiger partial charge in [0.15, 0.2) is 8.32 Å². The van der Waals surface area contributed by atoms with Crippen molar-refractivity contribution >= 4 is 14.4 Å². The van der Waals surface area contributed by atoms with Crippen molar-refractivity contribution in [3.05, 3.63) is 0 Å². The monoisotopic (exact) mass is 553 g/mol. The minimum absolute atomic E-state index is 0.218. The first-order valence-electron chi connectivity index (χ1n) is 13.3. The summed E-state index contributed by atoms with van der Waals surface area (Å²) in [7, 11) is -0.00648. The molecule has 0 radical (unpaired) electrons. The molecule has 10 nitrogen and oxygen atoms in total. The molecule has 11 heteroatoms. The smallest absolute Gasteiger partial charge is 0.410 e. The van der Waals surface area contributed by atoms with Gasteiger partial charge in [0.25, 0.3) is 0 Å². The maximum Gasteiger partial charge on any atom is 0.410 e. The maximum absolute atomic E-state index is 11.8. The van der Waals surface area contributed by atoms with E-state index >= 15 is 0 Å². The van der Waals surface area contributed by atoms with E-state index in [0.29, 0.717) is 92.4 Å². The molecule has 37 heavy (non-hydrogen) atoms. The summed E-state index contributed by atoms with van der Waals surface area (Å²) >= 11 is 0. The molecule has 222 valence electrons. The summed E-state index contributed by atoms with van der Waals surface area (Å²) in [6.45, 7) is 23.9. The second kappa shape index (κ2) is 20.2. The van der Waals surface area contributed by atoms with E-state index in [1.54, 1.807) is 7.05 Å². The molecule has 1 amide bonds. The Bertz CT molecular complexity index is 565. The van der Waals surface area contributed by atoms with Crippen molar-refractivity contribution in [3.63, 3.8) is 0 Å². The van der Waals surface area contributed by atoms with Gasteiger partial charge in [-0.05, 0) is 38.9 Å². The summed E-state index contributed by atoms with van der Waals surface area (Å²) in [4.78, 5) is 13.3. The maximum atomic E-state index is 11.8. The number of likely N-dealkylation sites (N-methyl/N-ethyl adjacent to an activating group) is 1. The van der Waals surface area contributed by atoms with Crippen molar-refractivity contribution in [3.8, 4) is 0 Å². The lowest BCUT2D eigenvalue weighted by molar-refractivity contribution is -0.0189. The van der Waals surface area contributed by atoms with Crippen LogP contribution >= 0.6 is 0 Å². The Labute approximate surface area is 226 Å². The molecule has 0 saturated carbocycles. The average molecular weight is 554 g/mol. The molecular formula is C26H55NO9Si. The number of hydrogen-bond acceptors (Lipinski definition) is 9. The van der Waals surface area contributed by atoms with Crippen molar-refractivity contribution in [1.82, 2.24) is 4.90 Å². The van der Waals surface area contributed by atoms with Gasteiger partial charge in [-0.2, -0.15) is 0 Å². The van der Waals surface area contributed by atoms with Gasteiger partial charge in [0.05, 0.1) is 85.9 Å². The molecule has 0 atom stereocenters. The Hall–Kier alpha value is -0.793. The topological polar surface area (TPSA) is 94.2 Å². The van der Waals surface area contributed by atoms with Crippen molar-refractivity contribution in [2.45, 2.75) is 65.3 Å². The van der Waals surface area contributed by atoms with Crippen LogP contribution in [0.5, 0.6) is 0 Å². The van der Waals surface area contributed by atoms with Crippen LogP contribution in [0.2, 0.25) is 18.1 Å². The molecule has 0 aliphatic rings. The molecule has 0 aliphatic heterocycles. The Morgan fingerprint density at radius 1 is 0.595 bits per heavy atom. The molecule has 0 heterocycles. The Balaban J connectivity index is 3.31. The molecule has 0 fully saturated rings. The molecule has 0 rings (SSSR count). The van der Waals surface area contributed by atoms with Crippen LogP contribution in [-0.4, -0.2) is 124 Å². The van der Waals surface area contributed by atoms with E-state index in [-0.39, 0.29) is 11.1 Å². The highest BCUT2D eigenvalue weighted by molar-refractivity contribution is 6.74. The summed E-state index contributed by atoms with van der Waals surface area (Å²) < 4.78 is 44.3. The predicted molar refractivity (Wildman–Crippen MR) is 147 cm³/mol. The van der Waals surface area contributed by atoms with Crippen LogP contribution in [0.25, 0.3) is 0 Å². The summed E-state index contributed by atoms with van der Waals surface area (Å²) in [6, 6.07) is 0. The lowest BCUT2D eigenvalue weighted by atomic mass is 10.2. The zero-order valence-corrected chi connectivity index (χ0v) is 26.0. The molecule has 0 spiro atoms. The molecule has 0 bridgehead atoms. The standard InChI is InChI=1S/C26H55NO9Si/c1-25(2,3)36-24(28)27(7)10-11-29-12-13-30-14-15-31-16-17-32-18-19-33-20-21-34-22-23-35-37(8,9)26(4,5)6/h10-23H2,1-9H3. The van der Waals surface area contributed by atoms with Gasteiger partial charge in [-0.3, -0.25) is 0 Å². The largest absolute Gasteiger partial charge is 0.444 e. The van der Waals surface area contributed by atoms with Gasteiger partial charge in [-0.25, -0.2) is 4.79 Å². The molecule has 0 N–H and O–H groups in total. The summed E-state index contributed by atoms with van der Waals surface area (Å²) in [5, 5.41) is 0.218. The van der Waals surface area contributed by atoms with E-state index < -0.39 is 13.9 Å². The lowest BCUT2D eigenvalue weighted by Gasteiger charge is -2.36. The van der Waals surface area contributed by atoms with Crippen LogP contribution in [0, 0.1) is 0 Å². The third-order valence-electron chi connectivity index (χ3n) is 5.63. The van der Waals surface area contributed by atoms with Crippen LogP contribution in [0.15, 0.2) is 0 Å². The fraction of sp³-hybridized carbons (Fsp3) is 0.962. The van der Waals surface area contributed by atoms with Gasteiger partial charge >= 0.3 is 6.09 Å². The molecule has 0 aromatic carbocycles. The first-order valence-corrected chi connectivity index (χ1v) is 16.2. The molecule has 0 aromatic heterocycles. The first kappa shape index (κ1) is 36.2. The van der Waals surface area contributed by atoms with Crippen LogP contribution in [0.4, 0.5) is 4.79 Å². The van der Waals surface area contributed by atoms with Crippen molar-refractivity contribution in [2.24, 2.45) is 0 Å². The summed E-state index contributed by atoms with van der Waals surface area (Å²) in [6.07, 6.45) is -0.357. The quantitative estimate of drug-likeness (QED) is 0.146. The van der Waals surface area contributed by atoms with E-state index in [1.165, 1.54) is 4.90 Å². The number of carbonyl (C=O) groups excluding carboxylic acids is 1. The highest BCUT2D eigenvalue weighted by atomic mass is 28.4. The van der Waals surface area contributed by atoms with Gasteiger partial charge in [-0.15, -0.1) is 0 Å². The molecule has 0 aliphatic carbocycles. The third-order valence-corrected chi connectivity index (χ3v) is 10.2. The Morgan fingerprint density at radius 2 is 0.919 bits per heavy atom. The third kappa shape index (κ3) is 21.8. The SMILES string of the molecule is CN(CCOCCOCCOCCOCCOCCOCCO[Si](C)(C)C(C)(C)C)C(=O)OC(C)(C)C. The van der Waals surface area contributed by atoms with Crippen molar-refractivity contribution in [1.29, 1.82) is 0 Å². The molecular weight excluding hydrogens is 498 g/mol. The number of carbonyl (C=O) groups is 1. The van der Waals surface area contributed by atoms with E-state index in [9.17, 15) is 4.79 Å². The molecule has 0 saturated heterocycles. The minimum Gasteiger partial charge on any atom is -0.444 e. The van der Waals surface area contributed by atoms with Gasteiger partial charge in [0.2, 0.25) is 0 Å². The average Bonchev–Trinajstić information content (AvgIpc) is 2.78. The highest BCUT2D eigenvalue weighted by Crippen LogP contribution is 2.36. The minimum atomic E-state index is -1.69. The first-order chi connectivity index (χ1) is 17.3. The summed E-state index contributed by atoms with van der Waals surface area (Å²) in [5.74, 6) is 0. The normalized spacial score (nSPS) is 12.7. The van der Waals surface area contributed by atoms with Crippen molar-refractivity contribution < 1.29 is 42.4 Å². The number of nitrogens with zero attached hydrogens (tertiary/aromatic N) is 1. The fourth-order valence-electron chi connectivity index (χ4n) is 2.41. The summed E-state index contributed by atoms with van der Waals surface area (Å²) in [5.41, 5.74) is -0.501. The second-order valence-corrected chi connectivity index (χ2v) is 16.0. The van der Waals surface area contributed by atoms with Gasteiger partial charge in [0.1, 0.15) is 5.60 Å². The van der Waals surface area contributed by atoms with E-state index in [2.05, 4.69) is 33.9 Å². The van der Waals surface area contributed by atoms with Gasteiger partial charge < -0.3 is 42.5 Å².